The number of hydrogen-bond acceptors (Lipinski definition) is 4. The molecule has 0 radical (unpaired) electrons. The van der Waals surface area contributed by atoms with E-state index in [1.165, 1.54) is 0 Å². The van der Waals surface area contributed by atoms with Gasteiger partial charge in [-0.1, -0.05) is 42.5 Å². The summed E-state index contributed by atoms with van der Waals surface area (Å²) in [6.07, 6.45) is 1.04. The van der Waals surface area contributed by atoms with Crippen LogP contribution >= 0.6 is 12.2 Å². The normalized spacial score (nSPS) is 14.2. The number of morpholine rings is 1. The average Bonchev–Trinajstić information content (AvgIpc) is 2.68. The molecule has 0 bridgehead atoms. The predicted molar refractivity (Wildman–Crippen MR) is 101 cm³/mol. The molecule has 1 aliphatic heterocycles. The lowest BCUT2D eigenvalue weighted by Crippen LogP contribution is -2.40. The first-order valence-corrected chi connectivity index (χ1v) is 8.85. The van der Waals surface area contributed by atoms with Gasteiger partial charge in [-0.2, -0.15) is 0 Å². The van der Waals surface area contributed by atoms with Gasteiger partial charge >= 0.3 is 5.97 Å². The summed E-state index contributed by atoms with van der Waals surface area (Å²) in [5.74, 6) is 0.318. The van der Waals surface area contributed by atoms with Crippen molar-refractivity contribution >= 4 is 23.2 Å². The van der Waals surface area contributed by atoms with Crippen LogP contribution in [0.5, 0.6) is 5.75 Å². The Morgan fingerprint density at radius 1 is 1.04 bits per heavy atom. The topological polar surface area (TPSA) is 38.8 Å². The summed E-state index contributed by atoms with van der Waals surface area (Å²) in [6, 6.07) is 17.3. The molecular formula is C20H21NO3S. The molecule has 0 amide bonds. The second kappa shape index (κ2) is 8.74. The lowest BCUT2D eigenvalue weighted by Gasteiger charge is -2.29. The van der Waals surface area contributed by atoms with Crippen LogP contribution in [0.3, 0.4) is 0 Å². The third-order valence-corrected chi connectivity index (χ3v) is 4.59. The van der Waals surface area contributed by atoms with Gasteiger partial charge in [-0.3, -0.25) is 4.79 Å². The fraction of sp³-hybridized carbons (Fsp3) is 0.300. The van der Waals surface area contributed by atoms with Gasteiger partial charge in [0.25, 0.3) is 0 Å². The van der Waals surface area contributed by atoms with Crippen molar-refractivity contribution in [3.05, 3.63) is 65.7 Å². The number of esters is 1. The van der Waals surface area contributed by atoms with Gasteiger partial charge < -0.3 is 14.4 Å². The van der Waals surface area contributed by atoms with Gasteiger partial charge in [0.2, 0.25) is 0 Å². The van der Waals surface area contributed by atoms with Crippen molar-refractivity contribution in [2.45, 2.75) is 12.8 Å². The van der Waals surface area contributed by atoms with Crippen molar-refractivity contribution in [3.63, 3.8) is 0 Å². The molecule has 1 saturated heterocycles. The quantitative estimate of drug-likeness (QED) is 0.468. The highest BCUT2D eigenvalue weighted by molar-refractivity contribution is 7.80. The van der Waals surface area contributed by atoms with Crippen LogP contribution < -0.4 is 4.74 Å². The number of rotatable bonds is 5. The molecular weight excluding hydrogens is 334 g/mol. The SMILES string of the molecule is O=C(CCc1ccccc1)Oc1ccc(C(=S)N2CCOCC2)cc1. The standard InChI is InChI=1S/C20H21NO3S/c22-19(11-6-16-4-2-1-3-5-16)24-18-9-7-17(8-10-18)20(25)21-12-14-23-15-13-21/h1-5,7-10H,6,11-15H2. The lowest BCUT2D eigenvalue weighted by molar-refractivity contribution is -0.134. The summed E-state index contributed by atoms with van der Waals surface area (Å²) in [6.45, 7) is 3.04. The Morgan fingerprint density at radius 2 is 1.72 bits per heavy atom. The number of aryl methyl sites for hydroxylation is 1. The van der Waals surface area contributed by atoms with Crippen LogP contribution in [0.2, 0.25) is 0 Å². The molecule has 1 heterocycles. The Labute approximate surface area is 153 Å². The van der Waals surface area contributed by atoms with Crippen LogP contribution in [-0.2, 0) is 16.0 Å². The molecule has 5 heteroatoms. The molecule has 0 aliphatic carbocycles. The highest BCUT2D eigenvalue weighted by atomic mass is 32.1. The predicted octanol–water partition coefficient (Wildman–Crippen LogP) is 3.23. The fourth-order valence-corrected chi connectivity index (χ4v) is 3.01. The fourth-order valence-electron chi connectivity index (χ4n) is 2.69. The monoisotopic (exact) mass is 355 g/mol. The number of ether oxygens (including phenoxy) is 2. The Morgan fingerprint density at radius 3 is 2.40 bits per heavy atom. The minimum atomic E-state index is -0.229. The zero-order valence-corrected chi connectivity index (χ0v) is 14.8. The van der Waals surface area contributed by atoms with Gasteiger partial charge in [0.15, 0.2) is 0 Å². The van der Waals surface area contributed by atoms with Gasteiger partial charge in [-0.05, 0) is 36.2 Å². The number of hydrogen-bond donors (Lipinski definition) is 0. The first-order chi connectivity index (χ1) is 12.2. The molecule has 0 N–H and O–H groups in total. The van der Waals surface area contributed by atoms with Crippen LogP contribution in [0, 0.1) is 0 Å². The largest absolute Gasteiger partial charge is 0.427 e. The van der Waals surface area contributed by atoms with E-state index in [4.69, 9.17) is 21.7 Å². The molecule has 0 atom stereocenters. The van der Waals surface area contributed by atoms with E-state index in [-0.39, 0.29) is 5.97 Å². The van der Waals surface area contributed by atoms with E-state index in [1.807, 2.05) is 42.5 Å². The van der Waals surface area contributed by atoms with Gasteiger partial charge in [-0.15, -0.1) is 0 Å². The van der Waals surface area contributed by atoms with E-state index >= 15 is 0 Å². The van der Waals surface area contributed by atoms with Gasteiger partial charge in [0, 0.05) is 25.1 Å². The highest BCUT2D eigenvalue weighted by Gasteiger charge is 2.15. The summed E-state index contributed by atoms with van der Waals surface area (Å²) >= 11 is 5.53. The van der Waals surface area contributed by atoms with E-state index in [2.05, 4.69) is 4.90 Å². The van der Waals surface area contributed by atoms with E-state index in [1.54, 1.807) is 12.1 Å². The van der Waals surface area contributed by atoms with Crippen LogP contribution in [0.1, 0.15) is 17.5 Å². The van der Waals surface area contributed by atoms with Crippen LogP contribution in [0.25, 0.3) is 0 Å². The third-order valence-electron chi connectivity index (χ3n) is 4.09. The molecule has 0 unspecified atom stereocenters. The highest BCUT2D eigenvalue weighted by Crippen LogP contribution is 2.16. The maximum Gasteiger partial charge on any atom is 0.311 e. The molecule has 1 aliphatic rings. The number of benzene rings is 2. The number of nitrogens with zero attached hydrogens (tertiary/aromatic N) is 1. The molecule has 3 rings (SSSR count). The van der Waals surface area contributed by atoms with Crippen LogP contribution in [0.4, 0.5) is 0 Å². The molecule has 130 valence electrons. The second-order valence-corrected chi connectivity index (χ2v) is 6.28. The maximum absolute atomic E-state index is 12.0. The first-order valence-electron chi connectivity index (χ1n) is 8.44. The third kappa shape index (κ3) is 5.11. The van der Waals surface area contributed by atoms with E-state index in [0.717, 1.165) is 29.2 Å². The first kappa shape index (κ1) is 17.6. The van der Waals surface area contributed by atoms with Crippen molar-refractivity contribution in [1.82, 2.24) is 4.90 Å². The zero-order chi connectivity index (χ0) is 17.5. The van der Waals surface area contributed by atoms with Gasteiger partial charge in [0.05, 0.1) is 13.2 Å². The number of thiocarbonyl (C=S) groups is 1. The molecule has 4 nitrogen and oxygen atoms in total. The molecule has 2 aromatic carbocycles. The summed E-state index contributed by atoms with van der Waals surface area (Å²) in [4.78, 5) is 14.9. The average molecular weight is 355 g/mol. The summed E-state index contributed by atoms with van der Waals surface area (Å²) in [7, 11) is 0. The van der Waals surface area contributed by atoms with Crippen molar-refractivity contribution < 1.29 is 14.3 Å². The van der Waals surface area contributed by atoms with Crippen molar-refractivity contribution in [3.8, 4) is 5.75 Å². The Balaban J connectivity index is 1.51. The Kier molecular flexibility index (Phi) is 6.14. The van der Waals surface area contributed by atoms with Crippen molar-refractivity contribution in [2.75, 3.05) is 26.3 Å². The number of carbonyl (C=O) groups excluding carboxylic acids is 1. The summed E-state index contributed by atoms with van der Waals surface area (Å²) in [5.41, 5.74) is 2.09. The minimum absolute atomic E-state index is 0.229. The Bertz CT molecular complexity index is 709. The summed E-state index contributed by atoms with van der Waals surface area (Å²) in [5, 5.41) is 0. The Hall–Kier alpha value is -2.24. The number of carbonyl (C=O) groups is 1. The lowest BCUT2D eigenvalue weighted by atomic mass is 10.1. The minimum Gasteiger partial charge on any atom is -0.427 e. The summed E-state index contributed by atoms with van der Waals surface area (Å²) < 4.78 is 10.7. The van der Waals surface area contributed by atoms with Crippen molar-refractivity contribution in [1.29, 1.82) is 0 Å². The second-order valence-electron chi connectivity index (χ2n) is 5.89. The molecule has 25 heavy (non-hydrogen) atoms. The van der Waals surface area contributed by atoms with Crippen molar-refractivity contribution in [2.24, 2.45) is 0 Å². The smallest absolute Gasteiger partial charge is 0.311 e. The van der Waals surface area contributed by atoms with Gasteiger partial charge in [-0.25, -0.2) is 0 Å². The maximum atomic E-state index is 12.0. The molecule has 0 saturated carbocycles. The molecule has 2 aromatic rings. The van der Waals surface area contributed by atoms with Crippen LogP contribution in [0.15, 0.2) is 54.6 Å². The van der Waals surface area contributed by atoms with Crippen LogP contribution in [-0.4, -0.2) is 42.2 Å². The zero-order valence-electron chi connectivity index (χ0n) is 14.0. The van der Waals surface area contributed by atoms with E-state index in [9.17, 15) is 4.79 Å². The molecule has 0 spiro atoms. The van der Waals surface area contributed by atoms with E-state index in [0.29, 0.717) is 31.8 Å². The van der Waals surface area contributed by atoms with Gasteiger partial charge in [0.1, 0.15) is 10.7 Å². The van der Waals surface area contributed by atoms with E-state index < -0.39 is 0 Å². The molecule has 0 aromatic heterocycles. The molecule has 1 fully saturated rings.